The maximum Gasteiger partial charge on any atom is 0.211 e. The molecule has 0 rings (SSSR count). The van der Waals surface area contributed by atoms with Gasteiger partial charge in [-0.2, -0.15) is 0 Å². The first-order valence-corrected chi connectivity index (χ1v) is 7.36. The lowest BCUT2D eigenvalue weighted by Crippen LogP contribution is -2.27. The molecule has 15 heavy (non-hydrogen) atoms. The third kappa shape index (κ3) is 10.2. The van der Waals surface area contributed by atoms with E-state index >= 15 is 0 Å². The molecule has 92 valence electrons. The van der Waals surface area contributed by atoms with Crippen molar-refractivity contribution in [1.82, 2.24) is 4.72 Å². The first-order chi connectivity index (χ1) is 7.12. The molecule has 0 amide bonds. The summed E-state index contributed by atoms with van der Waals surface area (Å²) in [6, 6.07) is 0. The van der Waals surface area contributed by atoms with E-state index in [1.54, 1.807) is 0 Å². The molecule has 0 bridgehead atoms. The van der Waals surface area contributed by atoms with Gasteiger partial charge in [0, 0.05) is 13.2 Å². The highest BCUT2D eigenvalue weighted by Gasteiger charge is 2.07. The molecule has 0 aromatic heterocycles. The van der Waals surface area contributed by atoms with Crippen LogP contribution in [0.1, 0.15) is 45.4 Å². The topological polar surface area (TPSA) is 66.4 Å². The van der Waals surface area contributed by atoms with Gasteiger partial charge in [0.25, 0.3) is 0 Å². The smallest absolute Gasteiger partial charge is 0.211 e. The van der Waals surface area contributed by atoms with Gasteiger partial charge in [0.2, 0.25) is 10.0 Å². The minimum atomic E-state index is -3.10. The molecule has 0 aliphatic rings. The van der Waals surface area contributed by atoms with E-state index in [1.807, 2.05) is 0 Å². The fraction of sp³-hybridized carbons (Fsp3) is 1.00. The number of sulfonamides is 1. The maximum atomic E-state index is 11.3. The predicted octanol–water partition coefficient (Wildman–Crippen LogP) is 1.26. The van der Waals surface area contributed by atoms with Crippen molar-refractivity contribution >= 4 is 10.0 Å². The van der Waals surface area contributed by atoms with Crippen molar-refractivity contribution in [2.24, 2.45) is 0 Å². The van der Waals surface area contributed by atoms with Crippen LogP contribution >= 0.6 is 0 Å². The van der Waals surface area contributed by atoms with Crippen LogP contribution in [0.2, 0.25) is 0 Å². The van der Waals surface area contributed by atoms with Crippen LogP contribution < -0.4 is 4.72 Å². The fourth-order valence-corrected chi connectivity index (χ4v) is 2.44. The van der Waals surface area contributed by atoms with E-state index in [0.29, 0.717) is 19.4 Å². The van der Waals surface area contributed by atoms with E-state index in [4.69, 9.17) is 5.11 Å². The Hall–Kier alpha value is -0.130. The highest BCUT2D eigenvalue weighted by atomic mass is 32.2. The van der Waals surface area contributed by atoms with E-state index in [9.17, 15) is 8.42 Å². The van der Waals surface area contributed by atoms with Crippen molar-refractivity contribution in [2.75, 3.05) is 18.9 Å². The third-order valence-electron chi connectivity index (χ3n) is 2.17. The highest BCUT2D eigenvalue weighted by molar-refractivity contribution is 7.89. The molecule has 2 N–H and O–H groups in total. The molecule has 0 aliphatic heterocycles. The van der Waals surface area contributed by atoms with Gasteiger partial charge in [0.05, 0.1) is 5.75 Å². The number of aliphatic hydroxyl groups excluding tert-OH is 1. The standard InChI is InChI=1S/C10H23NO3S/c1-2-3-4-5-8-11-15(13,14)10-7-6-9-12/h11-12H,2-10H2,1H3. The zero-order chi connectivity index (χ0) is 11.6. The van der Waals surface area contributed by atoms with Gasteiger partial charge in [-0.1, -0.05) is 26.2 Å². The second kappa shape index (κ2) is 9.12. The Morgan fingerprint density at radius 2 is 1.80 bits per heavy atom. The number of aliphatic hydroxyl groups is 1. The van der Waals surface area contributed by atoms with Gasteiger partial charge < -0.3 is 5.11 Å². The average molecular weight is 237 g/mol. The summed E-state index contributed by atoms with van der Waals surface area (Å²) >= 11 is 0. The van der Waals surface area contributed by atoms with Gasteiger partial charge in [0.1, 0.15) is 0 Å². The zero-order valence-electron chi connectivity index (χ0n) is 9.54. The van der Waals surface area contributed by atoms with Gasteiger partial charge in [-0.15, -0.1) is 0 Å². The molecule has 0 aromatic rings. The molecule has 0 unspecified atom stereocenters. The summed E-state index contributed by atoms with van der Waals surface area (Å²) in [5.41, 5.74) is 0. The quantitative estimate of drug-likeness (QED) is 0.562. The third-order valence-corrected chi connectivity index (χ3v) is 3.64. The molecular formula is C10H23NO3S. The van der Waals surface area contributed by atoms with Crippen LogP contribution in [0.5, 0.6) is 0 Å². The second-order valence-corrected chi connectivity index (χ2v) is 5.63. The molecular weight excluding hydrogens is 214 g/mol. The van der Waals surface area contributed by atoms with Crippen LogP contribution in [0.3, 0.4) is 0 Å². The van der Waals surface area contributed by atoms with Crippen molar-refractivity contribution < 1.29 is 13.5 Å². The monoisotopic (exact) mass is 237 g/mol. The van der Waals surface area contributed by atoms with Crippen LogP contribution in [-0.2, 0) is 10.0 Å². The average Bonchev–Trinajstić information content (AvgIpc) is 2.17. The number of unbranched alkanes of at least 4 members (excludes halogenated alkanes) is 4. The number of nitrogens with one attached hydrogen (secondary N) is 1. The second-order valence-electron chi connectivity index (χ2n) is 3.70. The summed E-state index contributed by atoms with van der Waals surface area (Å²) in [4.78, 5) is 0. The van der Waals surface area contributed by atoms with Crippen molar-refractivity contribution in [1.29, 1.82) is 0 Å². The Kier molecular flexibility index (Phi) is 9.04. The minimum Gasteiger partial charge on any atom is -0.396 e. The highest BCUT2D eigenvalue weighted by Crippen LogP contribution is 1.99. The molecule has 5 heteroatoms. The van der Waals surface area contributed by atoms with Crippen molar-refractivity contribution in [2.45, 2.75) is 45.4 Å². The molecule has 4 nitrogen and oxygen atoms in total. The Labute approximate surface area is 93.1 Å². The lowest BCUT2D eigenvalue weighted by atomic mass is 10.2. The summed E-state index contributed by atoms with van der Waals surface area (Å²) < 4.78 is 25.3. The first kappa shape index (κ1) is 14.9. The van der Waals surface area contributed by atoms with Gasteiger partial charge in [0.15, 0.2) is 0 Å². The number of hydrogen-bond donors (Lipinski definition) is 2. The van der Waals surface area contributed by atoms with Gasteiger partial charge in [-0.25, -0.2) is 13.1 Å². The lowest BCUT2D eigenvalue weighted by Gasteiger charge is -2.05. The first-order valence-electron chi connectivity index (χ1n) is 5.70. The molecule has 0 spiro atoms. The molecule has 0 radical (unpaired) electrons. The normalized spacial score (nSPS) is 11.9. The van der Waals surface area contributed by atoms with Crippen LogP contribution in [0.25, 0.3) is 0 Å². The molecule has 0 atom stereocenters. The van der Waals surface area contributed by atoms with Crippen LogP contribution in [0.4, 0.5) is 0 Å². The summed E-state index contributed by atoms with van der Waals surface area (Å²) in [5, 5.41) is 8.52. The Bertz CT molecular complexity index is 227. The van der Waals surface area contributed by atoms with E-state index in [0.717, 1.165) is 25.7 Å². The van der Waals surface area contributed by atoms with Crippen LogP contribution in [0.15, 0.2) is 0 Å². The Morgan fingerprint density at radius 1 is 1.07 bits per heavy atom. The lowest BCUT2D eigenvalue weighted by molar-refractivity contribution is 0.287. The Morgan fingerprint density at radius 3 is 2.40 bits per heavy atom. The van der Waals surface area contributed by atoms with Gasteiger partial charge >= 0.3 is 0 Å². The largest absolute Gasteiger partial charge is 0.396 e. The summed E-state index contributed by atoms with van der Waals surface area (Å²) in [6.45, 7) is 2.73. The Balaban J connectivity index is 3.47. The molecule has 0 fully saturated rings. The predicted molar refractivity (Wildman–Crippen MR) is 62.3 cm³/mol. The maximum absolute atomic E-state index is 11.3. The summed E-state index contributed by atoms with van der Waals surface area (Å²) in [7, 11) is -3.10. The summed E-state index contributed by atoms with van der Waals surface area (Å²) in [5.74, 6) is 0.126. The number of hydrogen-bond acceptors (Lipinski definition) is 3. The summed E-state index contributed by atoms with van der Waals surface area (Å²) in [6.07, 6.45) is 5.38. The number of rotatable bonds is 10. The van der Waals surface area contributed by atoms with Gasteiger partial charge in [-0.05, 0) is 19.3 Å². The van der Waals surface area contributed by atoms with Crippen molar-refractivity contribution in [3.63, 3.8) is 0 Å². The van der Waals surface area contributed by atoms with E-state index < -0.39 is 10.0 Å². The van der Waals surface area contributed by atoms with Crippen molar-refractivity contribution in [3.8, 4) is 0 Å². The van der Waals surface area contributed by atoms with Gasteiger partial charge in [-0.3, -0.25) is 0 Å². The molecule has 0 aliphatic carbocycles. The van der Waals surface area contributed by atoms with E-state index in [1.165, 1.54) is 0 Å². The molecule has 0 aromatic carbocycles. The molecule has 0 saturated carbocycles. The SMILES string of the molecule is CCCCCCNS(=O)(=O)CCCCO. The zero-order valence-corrected chi connectivity index (χ0v) is 10.4. The van der Waals surface area contributed by atoms with Crippen LogP contribution in [0, 0.1) is 0 Å². The van der Waals surface area contributed by atoms with Crippen molar-refractivity contribution in [3.05, 3.63) is 0 Å². The van der Waals surface area contributed by atoms with Crippen LogP contribution in [-0.4, -0.2) is 32.4 Å². The molecule has 0 saturated heterocycles. The fourth-order valence-electron chi connectivity index (χ4n) is 1.26. The minimum absolute atomic E-state index is 0.0615. The van der Waals surface area contributed by atoms with E-state index in [2.05, 4.69) is 11.6 Å². The van der Waals surface area contributed by atoms with E-state index in [-0.39, 0.29) is 12.4 Å². The molecule has 0 heterocycles.